The second-order valence-corrected chi connectivity index (χ2v) is 5.06. The van der Waals surface area contributed by atoms with Crippen molar-refractivity contribution in [3.05, 3.63) is 53.3 Å². The van der Waals surface area contributed by atoms with E-state index in [1.807, 2.05) is 18.2 Å². The largest absolute Gasteiger partial charge is 0.383 e. The van der Waals surface area contributed by atoms with Gasteiger partial charge in [0.1, 0.15) is 5.15 Å². The van der Waals surface area contributed by atoms with Crippen LogP contribution in [-0.2, 0) is 6.54 Å². The average Bonchev–Trinajstić information content (AvgIpc) is 2.62. The van der Waals surface area contributed by atoms with Crippen molar-refractivity contribution in [1.29, 1.82) is 0 Å². The predicted molar refractivity (Wildman–Crippen MR) is 79.8 cm³/mol. The third-order valence-electron chi connectivity index (χ3n) is 3.29. The van der Waals surface area contributed by atoms with Gasteiger partial charge in [0.2, 0.25) is 0 Å². The van der Waals surface area contributed by atoms with E-state index in [1.54, 1.807) is 0 Å². The van der Waals surface area contributed by atoms with Crippen LogP contribution >= 0.6 is 11.6 Å². The number of aromatic nitrogens is 1. The Bertz CT molecular complexity index is 571. The lowest BCUT2D eigenvalue weighted by molar-refractivity contribution is 0.752. The zero-order valence-electron chi connectivity index (χ0n) is 10.6. The average molecular weight is 274 g/mol. The molecule has 0 atom stereocenters. The number of nitrogens with one attached hydrogen (secondary N) is 1. The highest BCUT2D eigenvalue weighted by atomic mass is 35.5. The third-order valence-corrected chi connectivity index (χ3v) is 3.50. The minimum Gasteiger partial charge on any atom is -0.383 e. The van der Waals surface area contributed by atoms with Gasteiger partial charge in [-0.2, -0.15) is 0 Å². The molecule has 3 rings (SSSR count). The number of halogens is 1. The molecule has 4 heteroatoms. The number of rotatable bonds is 2. The summed E-state index contributed by atoms with van der Waals surface area (Å²) in [4.78, 5) is 6.73. The van der Waals surface area contributed by atoms with Crippen LogP contribution in [0, 0.1) is 0 Å². The first-order valence-corrected chi connectivity index (χ1v) is 6.90. The Labute approximate surface area is 118 Å². The molecule has 19 heavy (non-hydrogen) atoms. The minimum absolute atomic E-state index is 0.554. The van der Waals surface area contributed by atoms with Crippen molar-refractivity contribution in [1.82, 2.24) is 4.98 Å². The number of pyridine rings is 1. The molecule has 1 N–H and O–H groups in total. The zero-order valence-corrected chi connectivity index (χ0v) is 11.4. The van der Waals surface area contributed by atoms with E-state index in [9.17, 15) is 0 Å². The van der Waals surface area contributed by atoms with Gasteiger partial charge in [-0.3, -0.25) is 0 Å². The second kappa shape index (κ2) is 5.49. The van der Waals surface area contributed by atoms with E-state index in [1.165, 1.54) is 11.4 Å². The summed E-state index contributed by atoms with van der Waals surface area (Å²) in [5, 5.41) is 4.02. The van der Waals surface area contributed by atoms with E-state index in [4.69, 9.17) is 11.6 Å². The zero-order chi connectivity index (χ0) is 13.1. The molecule has 0 fully saturated rings. The summed E-state index contributed by atoms with van der Waals surface area (Å²) in [6.07, 6.45) is 1.12. The van der Waals surface area contributed by atoms with Crippen molar-refractivity contribution in [2.75, 3.05) is 23.3 Å². The normalized spacial score (nSPS) is 14.5. The number of para-hydroxylation sites is 2. The SMILES string of the molecule is Clc1cccc(CN2CCCNc3ccccc32)n1. The monoisotopic (exact) mass is 273 g/mol. The van der Waals surface area contributed by atoms with Gasteiger partial charge in [0.05, 0.1) is 23.6 Å². The molecule has 0 saturated heterocycles. The highest BCUT2D eigenvalue weighted by Crippen LogP contribution is 2.29. The number of anilines is 2. The van der Waals surface area contributed by atoms with Crippen molar-refractivity contribution in [2.24, 2.45) is 0 Å². The molecule has 0 unspecified atom stereocenters. The summed E-state index contributed by atoms with van der Waals surface area (Å²) in [6.45, 7) is 2.83. The smallest absolute Gasteiger partial charge is 0.129 e. The molecule has 2 aromatic rings. The Morgan fingerprint density at radius 3 is 2.95 bits per heavy atom. The van der Waals surface area contributed by atoms with Crippen molar-refractivity contribution < 1.29 is 0 Å². The summed E-state index contributed by atoms with van der Waals surface area (Å²) in [5.74, 6) is 0. The summed E-state index contributed by atoms with van der Waals surface area (Å²) in [5.41, 5.74) is 3.44. The van der Waals surface area contributed by atoms with Crippen LogP contribution < -0.4 is 10.2 Å². The number of nitrogens with zero attached hydrogens (tertiary/aromatic N) is 2. The van der Waals surface area contributed by atoms with Gasteiger partial charge in [0.25, 0.3) is 0 Å². The molecule has 3 nitrogen and oxygen atoms in total. The Balaban J connectivity index is 1.88. The fourth-order valence-corrected chi connectivity index (χ4v) is 2.59. The van der Waals surface area contributed by atoms with Gasteiger partial charge in [-0.25, -0.2) is 4.98 Å². The maximum atomic E-state index is 5.95. The van der Waals surface area contributed by atoms with Crippen molar-refractivity contribution in [3.63, 3.8) is 0 Å². The predicted octanol–water partition coefficient (Wildman–Crippen LogP) is 3.56. The van der Waals surface area contributed by atoms with Gasteiger partial charge < -0.3 is 10.2 Å². The first kappa shape index (κ1) is 12.3. The van der Waals surface area contributed by atoms with Gasteiger partial charge in [-0.1, -0.05) is 29.8 Å². The van der Waals surface area contributed by atoms with E-state index in [0.29, 0.717) is 5.15 Å². The van der Waals surface area contributed by atoms with E-state index in [2.05, 4.69) is 39.5 Å². The van der Waals surface area contributed by atoms with Gasteiger partial charge >= 0.3 is 0 Å². The lowest BCUT2D eigenvalue weighted by atomic mass is 10.2. The summed E-state index contributed by atoms with van der Waals surface area (Å²) < 4.78 is 0. The first-order chi connectivity index (χ1) is 9.33. The van der Waals surface area contributed by atoms with Crippen LogP contribution in [0.3, 0.4) is 0 Å². The lowest BCUT2D eigenvalue weighted by Crippen LogP contribution is -2.23. The number of benzene rings is 1. The van der Waals surface area contributed by atoms with E-state index < -0.39 is 0 Å². The molecule has 1 aliphatic heterocycles. The van der Waals surface area contributed by atoms with Crippen LogP contribution in [-0.4, -0.2) is 18.1 Å². The molecule has 0 amide bonds. The molecule has 0 saturated carbocycles. The van der Waals surface area contributed by atoms with Crippen LogP contribution in [0.4, 0.5) is 11.4 Å². The maximum Gasteiger partial charge on any atom is 0.129 e. The standard InChI is InChI=1S/C15H16ClN3/c16-15-8-3-5-12(18-15)11-19-10-4-9-17-13-6-1-2-7-14(13)19/h1-3,5-8,17H,4,9-11H2. The number of fused-ring (bicyclic) bond motifs is 1. The Hall–Kier alpha value is -1.74. The highest BCUT2D eigenvalue weighted by molar-refractivity contribution is 6.29. The molecule has 0 aliphatic carbocycles. The fourth-order valence-electron chi connectivity index (χ4n) is 2.41. The van der Waals surface area contributed by atoms with Crippen molar-refractivity contribution in [2.45, 2.75) is 13.0 Å². The molecule has 98 valence electrons. The topological polar surface area (TPSA) is 28.2 Å². The number of hydrogen-bond acceptors (Lipinski definition) is 3. The van der Waals surface area contributed by atoms with E-state index in [0.717, 1.165) is 31.7 Å². The number of hydrogen-bond donors (Lipinski definition) is 1. The Morgan fingerprint density at radius 2 is 2.05 bits per heavy atom. The van der Waals surface area contributed by atoms with Gasteiger partial charge in [0.15, 0.2) is 0 Å². The summed E-state index contributed by atoms with van der Waals surface area (Å²) in [6, 6.07) is 14.2. The van der Waals surface area contributed by atoms with Crippen LogP contribution in [0.2, 0.25) is 5.15 Å². The molecule has 0 radical (unpaired) electrons. The third kappa shape index (κ3) is 2.82. The van der Waals surface area contributed by atoms with E-state index >= 15 is 0 Å². The van der Waals surface area contributed by atoms with Crippen LogP contribution in [0.1, 0.15) is 12.1 Å². The van der Waals surface area contributed by atoms with Crippen LogP contribution in [0.15, 0.2) is 42.5 Å². The second-order valence-electron chi connectivity index (χ2n) is 4.67. The molecule has 0 bridgehead atoms. The van der Waals surface area contributed by atoms with Crippen molar-refractivity contribution in [3.8, 4) is 0 Å². The summed E-state index contributed by atoms with van der Waals surface area (Å²) in [7, 11) is 0. The van der Waals surface area contributed by atoms with Gasteiger partial charge in [-0.05, 0) is 30.7 Å². The minimum atomic E-state index is 0.554. The molecular formula is C15H16ClN3. The molecule has 1 aromatic heterocycles. The summed E-state index contributed by atoms with van der Waals surface area (Å²) >= 11 is 5.95. The molecule has 1 aliphatic rings. The van der Waals surface area contributed by atoms with Crippen LogP contribution in [0.5, 0.6) is 0 Å². The quantitative estimate of drug-likeness (QED) is 0.848. The highest BCUT2D eigenvalue weighted by Gasteiger charge is 2.15. The Morgan fingerprint density at radius 1 is 1.16 bits per heavy atom. The van der Waals surface area contributed by atoms with Gasteiger partial charge in [0, 0.05) is 13.1 Å². The fraction of sp³-hybridized carbons (Fsp3) is 0.267. The first-order valence-electron chi connectivity index (χ1n) is 6.52. The lowest BCUT2D eigenvalue weighted by Gasteiger charge is -2.24. The van der Waals surface area contributed by atoms with E-state index in [-0.39, 0.29) is 0 Å². The molecule has 0 spiro atoms. The molecule has 2 heterocycles. The molecule has 1 aromatic carbocycles. The van der Waals surface area contributed by atoms with Gasteiger partial charge in [-0.15, -0.1) is 0 Å². The van der Waals surface area contributed by atoms with Crippen molar-refractivity contribution >= 4 is 23.0 Å². The molecular weight excluding hydrogens is 258 g/mol. The van der Waals surface area contributed by atoms with Crippen LogP contribution in [0.25, 0.3) is 0 Å². The maximum absolute atomic E-state index is 5.95. The Kier molecular flexibility index (Phi) is 3.56.